The lowest BCUT2D eigenvalue weighted by molar-refractivity contribution is -0.148. The lowest BCUT2D eigenvalue weighted by Crippen LogP contribution is -2.23. The third-order valence-corrected chi connectivity index (χ3v) is 5.36. The molecule has 3 rings (SSSR count). The Morgan fingerprint density at radius 1 is 1.16 bits per heavy atom. The zero-order valence-corrected chi connectivity index (χ0v) is 14.7. The second-order valence-corrected chi connectivity index (χ2v) is 6.91. The third kappa shape index (κ3) is 4.24. The minimum Gasteiger partial charge on any atom is -0.497 e. The number of ether oxygens (including phenoxy) is 3. The molecule has 0 heterocycles. The molecule has 6 nitrogen and oxygen atoms in total. The molecule has 25 heavy (non-hydrogen) atoms. The van der Waals surface area contributed by atoms with Gasteiger partial charge in [0.1, 0.15) is 11.5 Å². The summed E-state index contributed by atoms with van der Waals surface area (Å²) in [5, 5.41) is 2.69. The first-order valence-electron chi connectivity index (χ1n) is 8.76. The summed E-state index contributed by atoms with van der Waals surface area (Å²) in [6.45, 7) is -0.283. The van der Waals surface area contributed by atoms with E-state index in [1.165, 1.54) is 26.4 Å². The topological polar surface area (TPSA) is 73.9 Å². The molecule has 2 fully saturated rings. The van der Waals surface area contributed by atoms with E-state index in [-0.39, 0.29) is 18.5 Å². The Kier molecular flexibility index (Phi) is 5.46. The quantitative estimate of drug-likeness (QED) is 0.768. The Hall–Kier alpha value is -2.24. The summed E-state index contributed by atoms with van der Waals surface area (Å²) in [5.41, 5.74) is 0.512. The van der Waals surface area contributed by atoms with Crippen LogP contribution in [0.25, 0.3) is 0 Å². The van der Waals surface area contributed by atoms with Crippen LogP contribution in [0.15, 0.2) is 18.2 Å². The summed E-state index contributed by atoms with van der Waals surface area (Å²) in [5.74, 6) is 2.37. The second kappa shape index (κ2) is 7.76. The lowest BCUT2D eigenvalue weighted by atomic mass is 9.86. The molecule has 2 aliphatic rings. The molecule has 0 unspecified atom stereocenters. The summed E-state index contributed by atoms with van der Waals surface area (Å²) in [7, 11) is 3.07. The van der Waals surface area contributed by atoms with Gasteiger partial charge in [0.05, 0.1) is 19.9 Å². The molecule has 0 aliphatic heterocycles. The SMILES string of the molecule is COc1ccc(NC(=O)COC(=O)C[C@@H]2C[C@H]3CC[C@@H]2C3)c(OC)c1. The lowest BCUT2D eigenvalue weighted by Gasteiger charge is -2.20. The molecule has 3 atom stereocenters. The van der Waals surface area contributed by atoms with Gasteiger partial charge < -0.3 is 19.5 Å². The zero-order valence-electron chi connectivity index (χ0n) is 14.7. The van der Waals surface area contributed by atoms with E-state index in [4.69, 9.17) is 14.2 Å². The van der Waals surface area contributed by atoms with Gasteiger partial charge in [-0.25, -0.2) is 0 Å². The fraction of sp³-hybridized carbons (Fsp3) is 0.579. The van der Waals surface area contributed by atoms with E-state index in [2.05, 4.69) is 5.32 Å². The molecule has 0 radical (unpaired) electrons. The van der Waals surface area contributed by atoms with Gasteiger partial charge in [0.25, 0.3) is 5.91 Å². The van der Waals surface area contributed by atoms with Crippen molar-refractivity contribution in [3.8, 4) is 11.5 Å². The highest BCUT2D eigenvalue weighted by atomic mass is 16.5. The van der Waals surface area contributed by atoms with Crippen LogP contribution in [-0.4, -0.2) is 32.7 Å². The predicted molar refractivity (Wildman–Crippen MR) is 92.7 cm³/mol. The average molecular weight is 347 g/mol. The van der Waals surface area contributed by atoms with Crippen molar-refractivity contribution >= 4 is 17.6 Å². The van der Waals surface area contributed by atoms with Gasteiger partial charge in [-0.3, -0.25) is 9.59 Å². The van der Waals surface area contributed by atoms with E-state index in [0.717, 1.165) is 12.3 Å². The number of esters is 1. The van der Waals surface area contributed by atoms with E-state index in [1.54, 1.807) is 25.3 Å². The number of anilines is 1. The molecule has 0 spiro atoms. The van der Waals surface area contributed by atoms with Crippen molar-refractivity contribution in [2.24, 2.45) is 17.8 Å². The number of fused-ring (bicyclic) bond motifs is 2. The van der Waals surface area contributed by atoms with Crippen LogP contribution in [0.2, 0.25) is 0 Å². The summed E-state index contributed by atoms with van der Waals surface area (Å²) < 4.78 is 15.5. The van der Waals surface area contributed by atoms with Crippen LogP contribution in [0.1, 0.15) is 32.1 Å². The van der Waals surface area contributed by atoms with Crippen molar-refractivity contribution in [2.45, 2.75) is 32.1 Å². The molecule has 1 N–H and O–H groups in total. The fourth-order valence-electron chi connectivity index (χ4n) is 4.13. The highest BCUT2D eigenvalue weighted by Crippen LogP contribution is 2.49. The van der Waals surface area contributed by atoms with Gasteiger partial charge >= 0.3 is 5.97 Å². The average Bonchev–Trinajstić information content (AvgIpc) is 3.23. The summed E-state index contributed by atoms with van der Waals surface area (Å²) in [4.78, 5) is 24.0. The van der Waals surface area contributed by atoms with Crippen LogP contribution >= 0.6 is 0 Å². The highest BCUT2D eigenvalue weighted by Gasteiger charge is 2.40. The number of methoxy groups -OCH3 is 2. The minimum absolute atomic E-state index is 0.283. The van der Waals surface area contributed by atoms with Crippen molar-refractivity contribution in [3.63, 3.8) is 0 Å². The van der Waals surface area contributed by atoms with Crippen LogP contribution in [0.3, 0.4) is 0 Å². The summed E-state index contributed by atoms with van der Waals surface area (Å²) in [6.07, 6.45) is 5.37. The van der Waals surface area contributed by atoms with E-state index in [1.807, 2.05) is 0 Å². The van der Waals surface area contributed by atoms with Crippen LogP contribution < -0.4 is 14.8 Å². The Balaban J connectivity index is 1.45. The molecule has 1 amide bonds. The molecule has 1 aromatic carbocycles. The van der Waals surface area contributed by atoms with Gasteiger partial charge in [0, 0.05) is 12.5 Å². The molecule has 2 aliphatic carbocycles. The Morgan fingerprint density at radius 3 is 2.64 bits per heavy atom. The van der Waals surface area contributed by atoms with Gasteiger partial charge in [0.15, 0.2) is 6.61 Å². The molecule has 0 aromatic heterocycles. The van der Waals surface area contributed by atoms with Crippen LogP contribution in [-0.2, 0) is 14.3 Å². The maximum atomic E-state index is 12.0. The first-order chi connectivity index (χ1) is 12.1. The second-order valence-electron chi connectivity index (χ2n) is 6.91. The zero-order chi connectivity index (χ0) is 17.8. The molecular weight excluding hydrogens is 322 g/mol. The Labute approximate surface area is 147 Å². The van der Waals surface area contributed by atoms with Crippen LogP contribution in [0, 0.1) is 17.8 Å². The molecular formula is C19H25NO5. The predicted octanol–water partition coefficient (Wildman–Crippen LogP) is 3.01. The number of nitrogens with one attached hydrogen (secondary N) is 1. The molecule has 136 valence electrons. The first-order valence-corrected chi connectivity index (χ1v) is 8.76. The number of amides is 1. The number of carbonyl (C=O) groups excluding carboxylic acids is 2. The van der Waals surface area contributed by atoms with E-state index in [0.29, 0.717) is 35.4 Å². The van der Waals surface area contributed by atoms with Gasteiger partial charge in [-0.1, -0.05) is 6.42 Å². The monoisotopic (exact) mass is 347 g/mol. The van der Waals surface area contributed by atoms with Gasteiger partial charge in [-0.15, -0.1) is 0 Å². The number of rotatable bonds is 7. The molecule has 6 heteroatoms. The van der Waals surface area contributed by atoms with Crippen LogP contribution in [0.4, 0.5) is 5.69 Å². The van der Waals surface area contributed by atoms with Crippen molar-refractivity contribution < 1.29 is 23.8 Å². The van der Waals surface area contributed by atoms with Gasteiger partial charge in [0.2, 0.25) is 0 Å². The summed E-state index contributed by atoms with van der Waals surface area (Å²) in [6, 6.07) is 5.09. The van der Waals surface area contributed by atoms with Gasteiger partial charge in [-0.05, 0) is 49.1 Å². The van der Waals surface area contributed by atoms with Crippen molar-refractivity contribution in [1.82, 2.24) is 0 Å². The number of hydrogen-bond donors (Lipinski definition) is 1. The number of benzene rings is 1. The largest absolute Gasteiger partial charge is 0.497 e. The third-order valence-electron chi connectivity index (χ3n) is 5.36. The highest BCUT2D eigenvalue weighted by molar-refractivity contribution is 5.94. The van der Waals surface area contributed by atoms with E-state index < -0.39 is 0 Å². The van der Waals surface area contributed by atoms with E-state index in [9.17, 15) is 9.59 Å². The van der Waals surface area contributed by atoms with E-state index >= 15 is 0 Å². The molecule has 2 saturated carbocycles. The Morgan fingerprint density at radius 2 is 2.00 bits per heavy atom. The number of carbonyl (C=O) groups is 2. The maximum absolute atomic E-state index is 12.0. The molecule has 1 aromatic rings. The number of hydrogen-bond acceptors (Lipinski definition) is 5. The summed E-state index contributed by atoms with van der Waals surface area (Å²) >= 11 is 0. The van der Waals surface area contributed by atoms with Crippen LogP contribution in [0.5, 0.6) is 11.5 Å². The first kappa shape index (κ1) is 17.6. The van der Waals surface area contributed by atoms with Crippen molar-refractivity contribution in [2.75, 3.05) is 26.1 Å². The fourth-order valence-corrected chi connectivity index (χ4v) is 4.13. The Bertz CT molecular complexity index is 645. The van der Waals surface area contributed by atoms with Crippen molar-refractivity contribution in [3.05, 3.63) is 18.2 Å². The normalized spacial score (nSPS) is 24.0. The smallest absolute Gasteiger partial charge is 0.306 e. The maximum Gasteiger partial charge on any atom is 0.306 e. The standard InChI is InChI=1S/C19H25NO5/c1-23-15-5-6-16(17(10-15)24-2)20-18(21)11-25-19(22)9-14-8-12-3-4-13(14)7-12/h5-6,10,12-14H,3-4,7-9,11H2,1-2H3,(H,20,21)/t12-,13+,14-/m0/s1. The molecule has 0 saturated heterocycles. The van der Waals surface area contributed by atoms with Gasteiger partial charge in [-0.2, -0.15) is 0 Å². The molecule has 2 bridgehead atoms. The minimum atomic E-state index is -0.384. The van der Waals surface area contributed by atoms with Crippen molar-refractivity contribution in [1.29, 1.82) is 0 Å².